The molecule has 1 atom stereocenters. The molecular formula is C25H31ClN4O4S. The summed E-state index contributed by atoms with van der Waals surface area (Å²) in [6.07, 6.45) is 2.32. The van der Waals surface area contributed by atoms with Crippen LogP contribution in [0.5, 0.6) is 11.5 Å². The molecule has 1 unspecified atom stereocenters. The Morgan fingerprint density at radius 2 is 2.09 bits per heavy atom. The Morgan fingerprint density at radius 1 is 1.26 bits per heavy atom. The number of hydrogen-bond acceptors (Lipinski definition) is 7. The zero-order valence-electron chi connectivity index (χ0n) is 20.1. The van der Waals surface area contributed by atoms with Crippen LogP contribution >= 0.6 is 22.9 Å². The molecule has 0 N–H and O–H groups in total. The highest BCUT2D eigenvalue weighted by molar-refractivity contribution is 7.15. The van der Waals surface area contributed by atoms with Crippen molar-refractivity contribution in [2.75, 3.05) is 39.5 Å². The van der Waals surface area contributed by atoms with Crippen LogP contribution in [-0.4, -0.2) is 70.7 Å². The SMILES string of the molecule is CC(C)CN(Cc1ccc2c(c1)OCCCO2)C(=O)C1CN(Cc2c(Cl)nc3sccn23)CCO1. The molecule has 10 heteroatoms. The first-order valence-electron chi connectivity index (χ1n) is 12.1. The molecule has 2 aromatic heterocycles. The van der Waals surface area contributed by atoms with Crippen LogP contribution in [0.1, 0.15) is 31.5 Å². The molecule has 188 valence electrons. The lowest BCUT2D eigenvalue weighted by Crippen LogP contribution is -2.51. The summed E-state index contributed by atoms with van der Waals surface area (Å²) >= 11 is 7.96. The number of aromatic nitrogens is 2. The number of thiazole rings is 1. The van der Waals surface area contributed by atoms with Gasteiger partial charge in [0.15, 0.2) is 21.6 Å². The van der Waals surface area contributed by atoms with E-state index >= 15 is 0 Å². The van der Waals surface area contributed by atoms with Gasteiger partial charge in [-0.05, 0) is 23.6 Å². The molecule has 8 nitrogen and oxygen atoms in total. The average molecular weight is 519 g/mol. The summed E-state index contributed by atoms with van der Waals surface area (Å²) in [5.41, 5.74) is 1.96. The van der Waals surface area contributed by atoms with E-state index in [1.807, 2.05) is 39.1 Å². The fraction of sp³-hybridized carbons (Fsp3) is 0.520. The quantitative estimate of drug-likeness (QED) is 0.469. The Hall–Kier alpha value is -2.33. The lowest BCUT2D eigenvalue weighted by atomic mass is 10.1. The smallest absolute Gasteiger partial charge is 0.253 e. The van der Waals surface area contributed by atoms with Gasteiger partial charge in [0.1, 0.15) is 6.10 Å². The third kappa shape index (κ3) is 5.58. The van der Waals surface area contributed by atoms with Crippen LogP contribution in [0, 0.1) is 5.92 Å². The van der Waals surface area contributed by atoms with Crippen molar-refractivity contribution < 1.29 is 19.0 Å². The number of nitrogens with zero attached hydrogens (tertiary/aromatic N) is 4. The van der Waals surface area contributed by atoms with Gasteiger partial charge in [-0.15, -0.1) is 11.3 Å². The van der Waals surface area contributed by atoms with Crippen LogP contribution in [-0.2, 0) is 22.6 Å². The summed E-state index contributed by atoms with van der Waals surface area (Å²) in [4.78, 5) is 23.1. The van der Waals surface area contributed by atoms with E-state index in [9.17, 15) is 4.79 Å². The molecule has 35 heavy (non-hydrogen) atoms. The molecule has 3 aromatic rings. The van der Waals surface area contributed by atoms with Crippen LogP contribution in [0.2, 0.25) is 5.15 Å². The van der Waals surface area contributed by atoms with Crippen molar-refractivity contribution in [3.8, 4) is 11.5 Å². The largest absolute Gasteiger partial charge is 0.490 e. The molecule has 1 aromatic carbocycles. The summed E-state index contributed by atoms with van der Waals surface area (Å²) in [7, 11) is 0. The van der Waals surface area contributed by atoms with Gasteiger partial charge in [-0.3, -0.25) is 14.1 Å². The van der Waals surface area contributed by atoms with E-state index < -0.39 is 6.10 Å². The number of halogens is 1. The number of ether oxygens (including phenoxy) is 3. The van der Waals surface area contributed by atoms with Crippen LogP contribution in [0.4, 0.5) is 0 Å². The van der Waals surface area contributed by atoms with Crippen LogP contribution in [0.15, 0.2) is 29.8 Å². The number of morpholine rings is 1. The Labute approximate surface area is 214 Å². The molecule has 0 saturated carbocycles. The summed E-state index contributed by atoms with van der Waals surface area (Å²) in [6.45, 7) is 9.06. The second-order valence-electron chi connectivity index (χ2n) is 9.44. The number of carbonyl (C=O) groups is 1. The molecule has 0 radical (unpaired) electrons. The Balaban J connectivity index is 1.29. The van der Waals surface area contributed by atoms with E-state index in [2.05, 4.69) is 23.7 Å². The predicted octanol–water partition coefficient (Wildman–Crippen LogP) is 4.10. The standard InChI is InChI=1S/C25H31ClN4O4S/c1-17(2)13-29(14-18-4-5-20-21(12-18)33-9-3-8-32-20)24(31)22-16-28(6-10-34-22)15-19-23(26)27-25-30(19)7-11-35-25/h4-5,7,11-12,17,22H,3,6,8-10,13-16H2,1-2H3. The number of rotatable bonds is 7. The third-order valence-corrected chi connectivity index (χ3v) is 7.25. The van der Waals surface area contributed by atoms with Gasteiger partial charge in [-0.1, -0.05) is 31.5 Å². The van der Waals surface area contributed by atoms with E-state index in [4.69, 9.17) is 25.8 Å². The lowest BCUT2D eigenvalue weighted by Gasteiger charge is -2.35. The van der Waals surface area contributed by atoms with Crippen LogP contribution in [0.3, 0.4) is 0 Å². The highest BCUT2D eigenvalue weighted by atomic mass is 35.5. The minimum absolute atomic E-state index is 0.00979. The molecule has 5 rings (SSSR count). The molecule has 4 heterocycles. The highest BCUT2D eigenvalue weighted by Gasteiger charge is 2.31. The summed E-state index contributed by atoms with van der Waals surface area (Å²) in [5, 5.41) is 2.51. The fourth-order valence-corrected chi connectivity index (χ4v) is 5.57. The summed E-state index contributed by atoms with van der Waals surface area (Å²) in [5.74, 6) is 1.85. The summed E-state index contributed by atoms with van der Waals surface area (Å²) in [6, 6.07) is 5.94. The first-order valence-corrected chi connectivity index (χ1v) is 13.3. The van der Waals surface area contributed by atoms with E-state index in [1.54, 1.807) is 11.3 Å². The van der Waals surface area contributed by atoms with Crippen molar-refractivity contribution in [1.82, 2.24) is 19.2 Å². The van der Waals surface area contributed by atoms with E-state index in [1.165, 1.54) is 0 Å². The fourth-order valence-electron chi connectivity index (χ4n) is 4.56. The zero-order valence-corrected chi connectivity index (χ0v) is 21.7. The normalized spacial score (nSPS) is 18.7. The van der Waals surface area contributed by atoms with E-state index in [-0.39, 0.29) is 5.91 Å². The van der Waals surface area contributed by atoms with Crippen molar-refractivity contribution >= 4 is 33.8 Å². The number of imidazole rings is 1. The molecule has 0 aliphatic carbocycles. The van der Waals surface area contributed by atoms with Gasteiger partial charge < -0.3 is 19.1 Å². The molecule has 2 aliphatic rings. The Morgan fingerprint density at radius 3 is 2.91 bits per heavy atom. The molecule has 1 saturated heterocycles. The molecular weight excluding hydrogens is 488 g/mol. The molecule has 0 bridgehead atoms. The minimum atomic E-state index is -0.521. The maximum absolute atomic E-state index is 13.6. The molecule has 1 fully saturated rings. The monoisotopic (exact) mass is 518 g/mol. The van der Waals surface area contributed by atoms with Crippen molar-refractivity contribution in [2.45, 2.75) is 39.5 Å². The molecule has 0 spiro atoms. The second kappa shape index (κ2) is 10.7. The van der Waals surface area contributed by atoms with Crippen LogP contribution in [0.25, 0.3) is 4.96 Å². The number of carbonyl (C=O) groups excluding carboxylic acids is 1. The topological polar surface area (TPSA) is 68.5 Å². The van der Waals surface area contributed by atoms with Gasteiger partial charge in [0, 0.05) is 50.7 Å². The number of benzene rings is 1. The third-order valence-electron chi connectivity index (χ3n) is 6.19. The van der Waals surface area contributed by atoms with E-state index in [0.717, 1.165) is 40.7 Å². The molecule has 1 amide bonds. The molecule has 2 aliphatic heterocycles. The lowest BCUT2D eigenvalue weighted by molar-refractivity contribution is -0.151. The van der Waals surface area contributed by atoms with Gasteiger partial charge >= 0.3 is 0 Å². The van der Waals surface area contributed by atoms with Gasteiger partial charge in [-0.25, -0.2) is 4.98 Å². The summed E-state index contributed by atoms with van der Waals surface area (Å²) < 4.78 is 19.6. The maximum atomic E-state index is 13.6. The van der Waals surface area contributed by atoms with Crippen molar-refractivity contribution in [1.29, 1.82) is 0 Å². The highest BCUT2D eigenvalue weighted by Crippen LogP contribution is 2.31. The van der Waals surface area contributed by atoms with Gasteiger partial charge in [0.2, 0.25) is 0 Å². The first-order chi connectivity index (χ1) is 17.0. The Kier molecular flexibility index (Phi) is 7.48. The number of fused-ring (bicyclic) bond motifs is 2. The Bertz CT molecular complexity index is 1180. The van der Waals surface area contributed by atoms with Crippen LogP contribution < -0.4 is 9.47 Å². The number of amides is 1. The minimum Gasteiger partial charge on any atom is -0.490 e. The predicted molar refractivity (Wildman–Crippen MR) is 135 cm³/mol. The van der Waals surface area contributed by atoms with Crippen molar-refractivity contribution in [3.63, 3.8) is 0 Å². The second-order valence-corrected chi connectivity index (χ2v) is 10.7. The van der Waals surface area contributed by atoms with Crippen molar-refractivity contribution in [3.05, 3.63) is 46.2 Å². The first kappa shape index (κ1) is 24.4. The van der Waals surface area contributed by atoms with Crippen molar-refractivity contribution in [2.24, 2.45) is 5.92 Å². The zero-order chi connectivity index (χ0) is 24.4. The average Bonchev–Trinajstić information content (AvgIpc) is 3.31. The number of hydrogen-bond donors (Lipinski definition) is 0. The maximum Gasteiger partial charge on any atom is 0.253 e. The van der Waals surface area contributed by atoms with Gasteiger partial charge in [-0.2, -0.15) is 0 Å². The van der Waals surface area contributed by atoms with Gasteiger partial charge in [0.05, 0.1) is 25.5 Å². The van der Waals surface area contributed by atoms with Gasteiger partial charge in [0.25, 0.3) is 5.91 Å². The van der Waals surface area contributed by atoms with E-state index in [0.29, 0.717) is 57.1 Å².